The fraction of sp³-hybridized carbons (Fsp3) is 0.133. The summed E-state index contributed by atoms with van der Waals surface area (Å²) in [5, 5.41) is 0.146. The number of hydrogen-bond acceptors (Lipinski definition) is 3. The van der Waals surface area contributed by atoms with Crippen LogP contribution >= 0.6 is 0 Å². The van der Waals surface area contributed by atoms with E-state index in [2.05, 4.69) is 0 Å². The number of nitrogens with one attached hydrogen (secondary N) is 1. The van der Waals surface area contributed by atoms with Crippen LogP contribution < -0.4 is 5.32 Å². The maximum absolute atomic E-state index is 13.9. The molecule has 7 heteroatoms. The molecule has 0 saturated heterocycles. The predicted octanol–water partition coefficient (Wildman–Crippen LogP) is 2.49. The summed E-state index contributed by atoms with van der Waals surface area (Å²) >= 11 is 0. The Morgan fingerprint density at radius 2 is 1.59 bits per heavy atom. The highest BCUT2D eigenvalue weighted by Gasteiger charge is 2.33. The average molecular weight is 325 g/mol. The van der Waals surface area contributed by atoms with Crippen molar-refractivity contribution in [3.05, 3.63) is 65.2 Å². The summed E-state index contributed by atoms with van der Waals surface area (Å²) in [5.74, 6) is -2.09. The summed E-state index contributed by atoms with van der Waals surface area (Å²) < 4.78 is 52.9. The van der Waals surface area contributed by atoms with Gasteiger partial charge in [-0.15, -0.1) is 0 Å². The molecule has 0 bridgehead atoms. The second-order valence-corrected chi connectivity index (χ2v) is 6.69. The van der Waals surface area contributed by atoms with Crippen LogP contribution in [0.4, 0.5) is 8.78 Å². The summed E-state index contributed by atoms with van der Waals surface area (Å²) in [6, 6.07) is 8.74. The van der Waals surface area contributed by atoms with Crippen LogP contribution in [0.15, 0.2) is 47.4 Å². The van der Waals surface area contributed by atoms with Gasteiger partial charge in [0, 0.05) is 0 Å². The molecule has 0 heterocycles. The van der Waals surface area contributed by atoms with E-state index in [1.54, 1.807) is 19.1 Å². The molecule has 4 nitrogen and oxygen atoms in total. The average Bonchev–Trinajstić information content (AvgIpc) is 2.46. The molecule has 1 atom stereocenters. The van der Waals surface area contributed by atoms with Gasteiger partial charge in [0.25, 0.3) is 0 Å². The monoisotopic (exact) mass is 325 g/mol. The lowest BCUT2D eigenvalue weighted by molar-refractivity contribution is -0.109. The van der Waals surface area contributed by atoms with Gasteiger partial charge in [-0.05, 0) is 31.2 Å². The molecule has 2 aromatic carbocycles. The summed E-state index contributed by atoms with van der Waals surface area (Å²) in [4.78, 5) is 10.6. The van der Waals surface area contributed by atoms with Crippen LogP contribution in [0.2, 0.25) is 0 Å². The van der Waals surface area contributed by atoms with Gasteiger partial charge in [0.1, 0.15) is 11.6 Å². The van der Waals surface area contributed by atoms with Crippen LogP contribution in [0.5, 0.6) is 0 Å². The molecule has 0 aliphatic heterocycles. The van der Waals surface area contributed by atoms with E-state index in [-0.39, 0.29) is 11.3 Å². The van der Waals surface area contributed by atoms with E-state index >= 15 is 0 Å². The molecule has 0 aliphatic rings. The quantitative estimate of drug-likeness (QED) is 0.859. The van der Waals surface area contributed by atoms with E-state index < -0.39 is 32.4 Å². The first kappa shape index (κ1) is 16.1. The van der Waals surface area contributed by atoms with Gasteiger partial charge in [-0.2, -0.15) is 0 Å². The second-order valence-electron chi connectivity index (χ2n) is 4.66. The minimum atomic E-state index is -4.20. The van der Waals surface area contributed by atoms with Crippen molar-refractivity contribution in [2.24, 2.45) is 0 Å². The number of carbonyl (C=O) groups is 1. The zero-order chi connectivity index (χ0) is 16.3. The summed E-state index contributed by atoms with van der Waals surface area (Å²) in [5.41, 5.74) is 0.117. The lowest BCUT2D eigenvalue weighted by atomic mass is 10.2. The number of aryl methyl sites for hydroxylation is 1. The maximum atomic E-state index is 13.9. The van der Waals surface area contributed by atoms with Crippen LogP contribution in [0.25, 0.3) is 0 Å². The first-order valence-corrected chi connectivity index (χ1v) is 7.86. The Balaban J connectivity index is 2.61. The number of carbonyl (C=O) groups excluding carboxylic acids is 1. The van der Waals surface area contributed by atoms with Gasteiger partial charge in [0.05, 0.1) is 10.5 Å². The van der Waals surface area contributed by atoms with Crippen LogP contribution in [-0.2, 0) is 14.6 Å². The van der Waals surface area contributed by atoms with Crippen molar-refractivity contribution < 1.29 is 22.0 Å². The maximum Gasteiger partial charge on any atom is 0.208 e. The first-order valence-electron chi connectivity index (χ1n) is 6.32. The predicted molar refractivity (Wildman–Crippen MR) is 76.7 cm³/mol. The summed E-state index contributed by atoms with van der Waals surface area (Å²) in [6.45, 7) is 1.77. The number of rotatable bonds is 5. The van der Waals surface area contributed by atoms with Crippen LogP contribution in [0.3, 0.4) is 0 Å². The van der Waals surface area contributed by atoms with E-state index in [0.717, 1.165) is 23.8 Å². The van der Waals surface area contributed by atoms with E-state index in [1.807, 2.05) is 5.32 Å². The molecule has 22 heavy (non-hydrogen) atoms. The molecule has 0 fully saturated rings. The van der Waals surface area contributed by atoms with Crippen molar-refractivity contribution >= 4 is 16.2 Å². The number of sulfone groups is 1. The highest BCUT2D eigenvalue weighted by atomic mass is 32.2. The van der Waals surface area contributed by atoms with Crippen molar-refractivity contribution in [1.29, 1.82) is 0 Å². The largest absolute Gasteiger partial charge is 0.338 e. The third-order valence-corrected chi connectivity index (χ3v) is 5.06. The fourth-order valence-corrected chi connectivity index (χ4v) is 3.57. The molecule has 0 saturated carbocycles. The Labute approximate surface area is 126 Å². The number of benzene rings is 2. The van der Waals surface area contributed by atoms with E-state index in [0.29, 0.717) is 0 Å². The zero-order valence-corrected chi connectivity index (χ0v) is 12.4. The third-order valence-electron chi connectivity index (χ3n) is 3.14. The minimum absolute atomic E-state index is 0.0995. The molecule has 116 valence electrons. The summed E-state index contributed by atoms with van der Waals surface area (Å²) in [6.07, 6.45) is 0.0995. The molecule has 0 spiro atoms. The summed E-state index contributed by atoms with van der Waals surface area (Å²) in [7, 11) is -4.20. The Morgan fingerprint density at radius 1 is 1.05 bits per heavy atom. The van der Waals surface area contributed by atoms with Gasteiger partial charge in [-0.25, -0.2) is 17.2 Å². The Morgan fingerprint density at radius 3 is 2.09 bits per heavy atom. The van der Waals surface area contributed by atoms with Crippen molar-refractivity contribution in [3.8, 4) is 0 Å². The first-order chi connectivity index (χ1) is 10.4. The highest BCUT2D eigenvalue weighted by Crippen LogP contribution is 2.30. The molecule has 2 aromatic rings. The van der Waals surface area contributed by atoms with E-state index in [4.69, 9.17) is 0 Å². The normalized spacial score (nSPS) is 12.7. The second kappa shape index (κ2) is 6.23. The van der Waals surface area contributed by atoms with Crippen LogP contribution in [-0.4, -0.2) is 14.8 Å². The standard InChI is InChI=1S/C15H13F2NO3S/c1-10-5-7-11(8-6-10)22(20,21)15(18-9-19)14-12(16)3-2-4-13(14)17/h2-9,15H,1H3,(H,18,19). The Bertz CT molecular complexity index is 769. The fourth-order valence-electron chi connectivity index (χ4n) is 2.02. The van der Waals surface area contributed by atoms with Crippen molar-refractivity contribution in [1.82, 2.24) is 5.32 Å². The highest BCUT2D eigenvalue weighted by molar-refractivity contribution is 7.91. The molecule has 0 aromatic heterocycles. The van der Waals surface area contributed by atoms with Gasteiger partial charge in [-0.1, -0.05) is 23.8 Å². The van der Waals surface area contributed by atoms with E-state index in [1.165, 1.54) is 12.1 Å². The molecule has 0 radical (unpaired) electrons. The topological polar surface area (TPSA) is 63.2 Å². The third kappa shape index (κ3) is 2.99. The SMILES string of the molecule is Cc1ccc(S(=O)(=O)C(NC=O)c2c(F)cccc2F)cc1. The molecule has 1 N–H and O–H groups in total. The lowest BCUT2D eigenvalue weighted by Gasteiger charge is -2.18. The van der Waals surface area contributed by atoms with Crippen LogP contribution in [0, 0.1) is 18.6 Å². The minimum Gasteiger partial charge on any atom is -0.338 e. The smallest absolute Gasteiger partial charge is 0.208 e. The van der Waals surface area contributed by atoms with Crippen molar-refractivity contribution in [2.45, 2.75) is 17.2 Å². The van der Waals surface area contributed by atoms with Gasteiger partial charge in [0.2, 0.25) is 16.2 Å². The molecule has 1 amide bonds. The zero-order valence-electron chi connectivity index (χ0n) is 11.6. The van der Waals surface area contributed by atoms with Gasteiger partial charge >= 0.3 is 0 Å². The number of amides is 1. The number of halogens is 2. The molecular weight excluding hydrogens is 312 g/mol. The molecule has 2 rings (SSSR count). The Kier molecular flexibility index (Phi) is 4.56. The van der Waals surface area contributed by atoms with Crippen LogP contribution in [0.1, 0.15) is 16.5 Å². The lowest BCUT2D eigenvalue weighted by Crippen LogP contribution is -2.29. The van der Waals surface area contributed by atoms with E-state index in [9.17, 15) is 22.0 Å². The van der Waals surface area contributed by atoms with Gasteiger partial charge < -0.3 is 5.32 Å². The Hall–Kier alpha value is -2.28. The number of hydrogen-bond donors (Lipinski definition) is 1. The van der Waals surface area contributed by atoms with Crippen molar-refractivity contribution in [3.63, 3.8) is 0 Å². The van der Waals surface area contributed by atoms with Gasteiger partial charge in [-0.3, -0.25) is 4.79 Å². The van der Waals surface area contributed by atoms with Crippen molar-refractivity contribution in [2.75, 3.05) is 0 Å². The molecular formula is C15H13F2NO3S. The molecule has 0 aliphatic carbocycles. The molecule has 1 unspecified atom stereocenters. The van der Waals surface area contributed by atoms with Gasteiger partial charge in [0.15, 0.2) is 5.37 Å².